The van der Waals surface area contributed by atoms with Crippen LogP contribution in [0.15, 0.2) is 12.2 Å². The Morgan fingerprint density at radius 1 is 1.42 bits per heavy atom. The summed E-state index contributed by atoms with van der Waals surface area (Å²) < 4.78 is 0. The fraction of sp³-hybridized carbons (Fsp3) is 0.750. The maximum atomic E-state index is 3.89. The quantitative estimate of drug-likeness (QED) is 0.528. The molecule has 0 aromatic rings. The van der Waals surface area contributed by atoms with Crippen LogP contribution in [-0.2, 0) is 0 Å². The van der Waals surface area contributed by atoms with Crippen LogP contribution < -0.4 is 0 Å². The first kappa shape index (κ1) is 11.7. The van der Waals surface area contributed by atoms with Gasteiger partial charge >= 0.3 is 0 Å². The zero-order chi connectivity index (χ0) is 9.40. The number of hydrogen-bond donors (Lipinski definition) is 0. The van der Waals surface area contributed by atoms with E-state index in [2.05, 4.69) is 33.8 Å². The Morgan fingerprint density at radius 2 is 2.08 bits per heavy atom. The predicted octanol–water partition coefficient (Wildman–Crippen LogP) is 4.37. The Hall–Kier alpha value is -0.260. The molecule has 1 atom stereocenters. The lowest BCUT2D eigenvalue weighted by atomic mass is 9.93. The molecule has 0 nitrogen and oxygen atoms in total. The van der Waals surface area contributed by atoms with Gasteiger partial charge in [-0.15, -0.1) is 0 Å². The minimum absolute atomic E-state index is 0.890. The standard InChI is InChI=1S/C12H23/c1-5-7-8-12(6-2)10-9-11(3)4/h9,12H,3,5-8,10H2,1-2,4H3. The zero-order valence-electron chi connectivity index (χ0n) is 8.90. The van der Waals surface area contributed by atoms with E-state index >= 15 is 0 Å². The fourth-order valence-electron chi connectivity index (χ4n) is 1.35. The molecule has 0 aliphatic carbocycles. The molecule has 0 spiro atoms. The first-order valence-electron chi connectivity index (χ1n) is 5.19. The molecule has 1 unspecified atom stereocenters. The highest BCUT2D eigenvalue weighted by atomic mass is 14.1. The van der Waals surface area contributed by atoms with Gasteiger partial charge in [0.2, 0.25) is 0 Å². The van der Waals surface area contributed by atoms with Gasteiger partial charge in [0.05, 0.1) is 0 Å². The average Bonchev–Trinajstić information content (AvgIpc) is 2.05. The Bertz CT molecular complexity index is 113. The van der Waals surface area contributed by atoms with Crippen molar-refractivity contribution in [3.63, 3.8) is 0 Å². The van der Waals surface area contributed by atoms with Gasteiger partial charge in [-0.3, -0.25) is 0 Å². The molecular weight excluding hydrogens is 144 g/mol. The van der Waals surface area contributed by atoms with E-state index in [-0.39, 0.29) is 0 Å². The molecule has 71 valence electrons. The van der Waals surface area contributed by atoms with Crippen LogP contribution in [0.4, 0.5) is 0 Å². The molecule has 0 saturated carbocycles. The Balaban J connectivity index is 3.45. The third-order valence-corrected chi connectivity index (χ3v) is 2.34. The molecule has 0 N–H and O–H groups in total. The minimum atomic E-state index is 0.890. The largest absolute Gasteiger partial charge is 0.0998 e. The second-order valence-electron chi connectivity index (χ2n) is 3.70. The van der Waals surface area contributed by atoms with Crippen LogP contribution in [0.25, 0.3) is 0 Å². The summed E-state index contributed by atoms with van der Waals surface area (Å²) in [4.78, 5) is 0. The second kappa shape index (κ2) is 7.39. The molecule has 0 heterocycles. The third-order valence-electron chi connectivity index (χ3n) is 2.34. The Morgan fingerprint density at radius 3 is 2.50 bits per heavy atom. The molecule has 12 heavy (non-hydrogen) atoms. The maximum absolute atomic E-state index is 3.89. The normalized spacial score (nSPS) is 12.9. The van der Waals surface area contributed by atoms with Crippen LogP contribution in [0.3, 0.4) is 0 Å². The molecule has 1 radical (unpaired) electrons. The predicted molar refractivity (Wildman–Crippen MR) is 57.0 cm³/mol. The first-order valence-corrected chi connectivity index (χ1v) is 5.19. The Kier molecular flexibility index (Phi) is 7.23. The van der Waals surface area contributed by atoms with Crippen molar-refractivity contribution in [3.05, 3.63) is 18.6 Å². The molecular formula is C12H23. The van der Waals surface area contributed by atoms with Crippen molar-refractivity contribution in [2.45, 2.75) is 52.9 Å². The first-order chi connectivity index (χ1) is 5.70. The van der Waals surface area contributed by atoms with Crippen LogP contribution >= 0.6 is 0 Å². The van der Waals surface area contributed by atoms with Crippen LogP contribution in [0.2, 0.25) is 0 Å². The van der Waals surface area contributed by atoms with Gasteiger partial charge in [-0.2, -0.15) is 0 Å². The summed E-state index contributed by atoms with van der Waals surface area (Å²) in [6.07, 6.45) is 8.89. The van der Waals surface area contributed by atoms with Crippen molar-refractivity contribution in [2.75, 3.05) is 0 Å². The summed E-state index contributed by atoms with van der Waals surface area (Å²) >= 11 is 0. The molecule has 0 aromatic heterocycles. The number of allylic oxidation sites excluding steroid dienone is 1. The summed E-state index contributed by atoms with van der Waals surface area (Å²) in [5.74, 6) is 0.890. The molecule has 0 rings (SSSR count). The maximum Gasteiger partial charge on any atom is -0.0141 e. The lowest BCUT2D eigenvalue weighted by Crippen LogP contribution is -1.99. The van der Waals surface area contributed by atoms with Crippen molar-refractivity contribution in [3.8, 4) is 0 Å². The lowest BCUT2D eigenvalue weighted by Gasteiger charge is -2.13. The Labute approximate surface area is 78.1 Å². The highest BCUT2D eigenvalue weighted by Gasteiger charge is 2.04. The monoisotopic (exact) mass is 167 g/mol. The van der Waals surface area contributed by atoms with E-state index in [4.69, 9.17) is 0 Å². The zero-order valence-corrected chi connectivity index (χ0v) is 8.90. The summed E-state index contributed by atoms with van der Waals surface area (Å²) in [5.41, 5.74) is 1.21. The molecule has 0 bridgehead atoms. The topological polar surface area (TPSA) is 0 Å². The van der Waals surface area contributed by atoms with Crippen LogP contribution in [-0.4, -0.2) is 0 Å². The number of rotatable bonds is 7. The van der Waals surface area contributed by atoms with Crippen molar-refractivity contribution < 1.29 is 0 Å². The van der Waals surface area contributed by atoms with E-state index in [1.807, 2.05) is 0 Å². The molecule has 0 amide bonds. The van der Waals surface area contributed by atoms with Gasteiger partial charge in [-0.25, -0.2) is 0 Å². The molecule has 0 aromatic carbocycles. The van der Waals surface area contributed by atoms with Crippen LogP contribution in [0.1, 0.15) is 52.9 Å². The van der Waals surface area contributed by atoms with Crippen molar-refractivity contribution in [1.82, 2.24) is 0 Å². The van der Waals surface area contributed by atoms with Gasteiger partial charge in [0.1, 0.15) is 0 Å². The van der Waals surface area contributed by atoms with E-state index in [0.29, 0.717) is 0 Å². The van der Waals surface area contributed by atoms with Gasteiger partial charge in [0.25, 0.3) is 0 Å². The van der Waals surface area contributed by atoms with E-state index < -0.39 is 0 Å². The molecule has 0 heteroatoms. The smallest absolute Gasteiger partial charge is 0.0141 e. The number of unbranched alkanes of at least 4 members (excludes halogenated alkanes) is 1. The van der Waals surface area contributed by atoms with Gasteiger partial charge in [0, 0.05) is 0 Å². The molecule has 0 fully saturated rings. The summed E-state index contributed by atoms with van der Waals surface area (Å²) in [6, 6.07) is 0. The lowest BCUT2D eigenvalue weighted by molar-refractivity contribution is 0.447. The fourth-order valence-corrected chi connectivity index (χ4v) is 1.35. The highest BCUT2D eigenvalue weighted by Crippen LogP contribution is 2.19. The van der Waals surface area contributed by atoms with E-state index in [0.717, 1.165) is 5.92 Å². The van der Waals surface area contributed by atoms with Crippen LogP contribution in [0.5, 0.6) is 0 Å². The SMILES string of the molecule is C=C(C)[CH]CC(CC)CCCC. The second-order valence-corrected chi connectivity index (χ2v) is 3.70. The van der Waals surface area contributed by atoms with Gasteiger partial charge < -0.3 is 0 Å². The van der Waals surface area contributed by atoms with Crippen molar-refractivity contribution in [1.29, 1.82) is 0 Å². The van der Waals surface area contributed by atoms with Gasteiger partial charge in [0.15, 0.2) is 0 Å². The molecule has 0 aliphatic heterocycles. The third kappa shape index (κ3) is 6.45. The molecule has 0 aliphatic rings. The highest BCUT2D eigenvalue weighted by molar-refractivity contribution is 5.03. The van der Waals surface area contributed by atoms with E-state index in [1.54, 1.807) is 0 Å². The van der Waals surface area contributed by atoms with Gasteiger partial charge in [-0.05, 0) is 25.7 Å². The van der Waals surface area contributed by atoms with E-state index in [1.165, 1.54) is 37.7 Å². The van der Waals surface area contributed by atoms with E-state index in [9.17, 15) is 0 Å². The summed E-state index contributed by atoms with van der Waals surface area (Å²) in [7, 11) is 0. The van der Waals surface area contributed by atoms with Crippen LogP contribution in [0, 0.1) is 12.3 Å². The van der Waals surface area contributed by atoms with Gasteiger partial charge in [-0.1, -0.05) is 51.7 Å². The summed E-state index contributed by atoms with van der Waals surface area (Å²) in [6.45, 7) is 10.5. The van der Waals surface area contributed by atoms with Crippen molar-refractivity contribution >= 4 is 0 Å². The van der Waals surface area contributed by atoms with Crippen molar-refractivity contribution in [2.24, 2.45) is 5.92 Å². The molecule has 0 saturated heterocycles. The minimum Gasteiger partial charge on any atom is -0.0998 e. The number of hydrogen-bond acceptors (Lipinski definition) is 0. The average molecular weight is 167 g/mol. The summed E-state index contributed by atoms with van der Waals surface area (Å²) in [5, 5.41) is 0.